The van der Waals surface area contributed by atoms with Gasteiger partial charge in [-0.15, -0.1) is 0 Å². The molecule has 1 aliphatic rings. The first-order chi connectivity index (χ1) is 10.1. The second-order valence-electron chi connectivity index (χ2n) is 5.19. The van der Waals surface area contributed by atoms with Crippen molar-refractivity contribution in [2.45, 2.75) is 19.1 Å². The third kappa shape index (κ3) is 3.46. The summed E-state index contributed by atoms with van der Waals surface area (Å²) < 4.78 is 10.7. The van der Waals surface area contributed by atoms with E-state index >= 15 is 0 Å². The minimum Gasteiger partial charge on any atom is -0.493 e. The molecule has 2 N–H and O–H groups in total. The highest BCUT2D eigenvalue weighted by atomic mass is 16.5. The summed E-state index contributed by atoms with van der Waals surface area (Å²) in [7, 11) is 3.18. The molecule has 1 fully saturated rings. The molecule has 1 heterocycles. The molecule has 1 aliphatic heterocycles. The highest BCUT2D eigenvalue weighted by Gasteiger charge is 2.33. The van der Waals surface area contributed by atoms with Crippen LogP contribution < -0.4 is 9.47 Å². The van der Waals surface area contributed by atoms with Gasteiger partial charge in [-0.2, -0.15) is 0 Å². The molecule has 6 nitrogen and oxygen atoms in total. The number of para-hydroxylation sites is 1. The van der Waals surface area contributed by atoms with Crippen LogP contribution in [-0.4, -0.2) is 54.5 Å². The molecule has 1 saturated heterocycles. The molecule has 6 heteroatoms. The third-order valence-electron chi connectivity index (χ3n) is 3.86. The normalized spacial score (nSPS) is 22.8. The first kappa shape index (κ1) is 15.6. The molecular formula is C15H21NO5. The topological polar surface area (TPSA) is 79.2 Å². The lowest BCUT2D eigenvalue weighted by atomic mass is 9.94. The fourth-order valence-corrected chi connectivity index (χ4v) is 2.75. The van der Waals surface area contributed by atoms with Gasteiger partial charge in [0.15, 0.2) is 11.5 Å². The van der Waals surface area contributed by atoms with Crippen molar-refractivity contribution >= 4 is 5.97 Å². The molecule has 0 amide bonds. The second kappa shape index (κ2) is 6.78. The van der Waals surface area contributed by atoms with Crippen molar-refractivity contribution < 1.29 is 24.5 Å². The lowest BCUT2D eigenvalue weighted by molar-refractivity contribution is -0.148. The fourth-order valence-electron chi connectivity index (χ4n) is 2.75. The molecule has 0 aromatic heterocycles. The number of carboxylic acid groups (broad SMARTS) is 1. The van der Waals surface area contributed by atoms with Gasteiger partial charge in [-0.1, -0.05) is 12.1 Å². The predicted molar refractivity (Wildman–Crippen MR) is 76.6 cm³/mol. The van der Waals surface area contributed by atoms with E-state index in [0.717, 1.165) is 5.56 Å². The summed E-state index contributed by atoms with van der Waals surface area (Å²) in [6, 6.07) is 5.65. The monoisotopic (exact) mass is 295 g/mol. The fraction of sp³-hybridized carbons (Fsp3) is 0.533. The smallest absolute Gasteiger partial charge is 0.309 e. The molecule has 2 rings (SSSR count). The third-order valence-corrected chi connectivity index (χ3v) is 3.86. The summed E-state index contributed by atoms with van der Waals surface area (Å²) in [5.74, 6) is -0.264. The Hall–Kier alpha value is -1.79. The number of ether oxygens (including phenoxy) is 2. The summed E-state index contributed by atoms with van der Waals surface area (Å²) in [5.41, 5.74) is 0.956. The van der Waals surface area contributed by atoms with Crippen molar-refractivity contribution in [3.63, 3.8) is 0 Å². The van der Waals surface area contributed by atoms with Gasteiger partial charge in [0.2, 0.25) is 0 Å². The van der Waals surface area contributed by atoms with E-state index in [2.05, 4.69) is 0 Å². The van der Waals surface area contributed by atoms with Gasteiger partial charge in [-0.05, 0) is 19.0 Å². The van der Waals surface area contributed by atoms with E-state index < -0.39 is 18.0 Å². The number of piperidine rings is 1. The Morgan fingerprint density at radius 2 is 2.14 bits per heavy atom. The zero-order chi connectivity index (χ0) is 15.4. The SMILES string of the molecule is COc1cccc(CN2CC[C@H](C(=O)O)[C@H](O)C2)c1OC. The maximum atomic E-state index is 11.0. The number of nitrogens with zero attached hydrogens (tertiary/aromatic N) is 1. The number of rotatable bonds is 5. The lowest BCUT2D eigenvalue weighted by Crippen LogP contribution is -2.46. The number of hydrogen-bond acceptors (Lipinski definition) is 5. The van der Waals surface area contributed by atoms with Crippen LogP contribution in [0.3, 0.4) is 0 Å². The minimum atomic E-state index is -0.930. The molecule has 0 bridgehead atoms. The Labute approximate surface area is 123 Å². The van der Waals surface area contributed by atoms with Crippen molar-refractivity contribution in [2.75, 3.05) is 27.3 Å². The van der Waals surface area contributed by atoms with Crippen LogP contribution in [0.4, 0.5) is 0 Å². The number of carboxylic acids is 1. The van der Waals surface area contributed by atoms with Gasteiger partial charge in [0.25, 0.3) is 0 Å². The average molecular weight is 295 g/mol. The number of methoxy groups -OCH3 is 2. The van der Waals surface area contributed by atoms with E-state index in [1.807, 2.05) is 23.1 Å². The van der Waals surface area contributed by atoms with E-state index in [0.29, 0.717) is 37.6 Å². The summed E-state index contributed by atoms with van der Waals surface area (Å²) in [5, 5.41) is 19.0. The first-order valence-corrected chi connectivity index (χ1v) is 6.90. The number of β-amino-alcohol motifs (C(OH)–C–C–N with tert-alkyl or cyclic N) is 1. The Balaban J connectivity index is 2.08. The zero-order valence-electron chi connectivity index (χ0n) is 12.3. The van der Waals surface area contributed by atoms with Gasteiger partial charge in [0, 0.05) is 18.7 Å². The number of aliphatic hydroxyl groups excluding tert-OH is 1. The van der Waals surface area contributed by atoms with Crippen molar-refractivity contribution in [3.05, 3.63) is 23.8 Å². The number of hydrogen-bond donors (Lipinski definition) is 2. The molecule has 2 atom stereocenters. The van der Waals surface area contributed by atoms with Crippen LogP contribution in [0.5, 0.6) is 11.5 Å². The number of benzene rings is 1. The number of likely N-dealkylation sites (tertiary alicyclic amines) is 1. The van der Waals surface area contributed by atoms with Crippen molar-refractivity contribution in [1.82, 2.24) is 4.90 Å². The Kier molecular flexibility index (Phi) is 5.03. The molecule has 0 saturated carbocycles. The largest absolute Gasteiger partial charge is 0.493 e. The predicted octanol–water partition coefficient (Wildman–Crippen LogP) is 0.971. The van der Waals surface area contributed by atoms with Crippen molar-refractivity contribution in [2.24, 2.45) is 5.92 Å². The van der Waals surface area contributed by atoms with Gasteiger partial charge in [0.05, 0.1) is 26.2 Å². The van der Waals surface area contributed by atoms with Crippen LogP contribution in [0.15, 0.2) is 18.2 Å². The Morgan fingerprint density at radius 1 is 1.38 bits per heavy atom. The quantitative estimate of drug-likeness (QED) is 0.843. The van der Waals surface area contributed by atoms with E-state index in [9.17, 15) is 9.90 Å². The highest BCUT2D eigenvalue weighted by molar-refractivity contribution is 5.70. The Bertz CT molecular complexity index is 505. The molecule has 0 aliphatic carbocycles. The summed E-state index contributed by atoms with van der Waals surface area (Å²) in [4.78, 5) is 13.0. The van der Waals surface area contributed by atoms with Gasteiger partial charge in [0.1, 0.15) is 0 Å². The van der Waals surface area contributed by atoms with Crippen LogP contribution in [0.1, 0.15) is 12.0 Å². The minimum absolute atomic E-state index is 0.345. The molecule has 0 radical (unpaired) electrons. The molecule has 0 unspecified atom stereocenters. The lowest BCUT2D eigenvalue weighted by Gasteiger charge is -2.34. The van der Waals surface area contributed by atoms with Gasteiger partial charge < -0.3 is 19.7 Å². The molecule has 1 aromatic rings. The van der Waals surface area contributed by atoms with Crippen LogP contribution in [0.25, 0.3) is 0 Å². The van der Waals surface area contributed by atoms with E-state index in [1.165, 1.54) is 0 Å². The highest BCUT2D eigenvalue weighted by Crippen LogP contribution is 2.32. The van der Waals surface area contributed by atoms with E-state index in [-0.39, 0.29) is 0 Å². The molecular weight excluding hydrogens is 274 g/mol. The van der Waals surface area contributed by atoms with Gasteiger partial charge in [-0.25, -0.2) is 0 Å². The van der Waals surface area contributed by atoms with Gasteiger partial charge >= 0.3 is 5.97 Å². The summed E-state index contributed by atoms with van der Waals surface area (Å²) >= 11 is 0. The maximum Gasteiger partial charge on any atom is 0.309 e. The molecule has 21 heavy (non-hydrogen) atoms. The Morgan fingerprint density at radius 3 is 2.71 bits per heavy atom. The molecule has 0 spiro atoms. The van der Waals surface area contributed by atoms with Crippen LogP contribution in [0.2, 0.25) is 0 Å². The zero-order valence-corrected chi connectivity index (χ0v) is 12.3. The van der Waals surface area contributed by atoms with Crippen LogP contribution in [-0.2, 0) is 11.3 Å². The first-order valence-electron chi connectivity index (χ1n) is 6.90. The average Bonchev–Trinajstić information content (AvgIpc) is 2.46. The maximum absolute atomic E-state index is 11.0. The van der Waals surface area contributed by atoms with Crippen molar-refractivity contribution in [3.8, 4) is 11.5 Å². The second-order valence-corrected chi connectivity index (χ2v) is 5.19. The van der Waals surface area contributed by atoms with E-state index in [1.54, 1.807) is 14.2 Å². The number of carbonyl (C=O) groups is 1. The summed E-state index contributed by atoms with van der Waals surface area (Å²) in [6.07, 6.45) is -0.393. The van der Waals surface area contributed by atoms with E-state index in [4.69, 9.17) is 14.6 Å². The standard InChI is InChI=1S/C15H21NO5/c1-20-13-5-3-4-10(14(13)21-2)8-16-7-6-11(15(18)19)12(17)9-16/h3-5,11-12,17H,6-9H2,1-2H3,(H,18,19)/t11-,12+/m0/s1. The molecule has 1 aromatic carbocycles. The van der Waals surface area contributed by atoms with Gasteiger partial charge in [-0.3, -0.25) is 9.69 Å². The van der Waals surface area contributed by atoms with Crippen LogP contribution >= 0.6 is 0 Å². The number of aliphatic carboxylic acids is 1. The van der Waals surface area contributed by atoms with Crippen LogP contribution in [0, 0.1) is 5.92 Å². The molecule has 116 valence electrons. The number of aliphatic hydroxyl groups is 1. The summed E-state index contributed by atoms with van der Waals surface area (Å²) in [6.45, 7) is 1.56. The van der Waals surface area contributed by atoms with Crippen molar-refractivity contribution in [1.29, 1.82) is 0 Å².